The first-order valence-corrected chi connectivity index (χ1v) is 9.41. The summed E-state index contributed by atoms with van der Waals surface area (Å²) in [5, 5.41) is 0.209. The second kappa shape index (κ2) is 6.93. The molecule has 24 heavy (non-hydrogen) atoms. The Labute approximate surface area is 146 Å². The molecule has 0 atom stereocenters. The van der Waals surface area contributed by atoms with Gasteiger partial charge in [0, 0.05) is 31.7 Å². The third kappa shape index (κ3) is 3.31. The van der Waals surface area contributed by atoms with Gasteiger partial charge in [0.05, 0.1) is 5.02 Å². The number of carbonyl (C=O) groups excluding carboxylic acids is 1. The number of nitrogens with zero attached hydrogens (tertiary/aromatic N) is 2. The van der Waals surface area contributed by atoms with Crippen LogP contribution in [-0.2, 0) is 10.0 Å². The summed E-state index contributed by atoms with van der Waals surface area (Å²) in [5.74, 6) is -0.0783. The number of hydrogen-bond acceptors (Lipinski definition) is 3. The average molecular weight is 365 g/mol. The molecule has 0 radical (unpaired) electrons. The van der Waals surface area contributed by atoms with Crippen molar-refractivity contribution in [3.05, 3.63) is 65.2 Å². The van der Waals surface area contributed by atoms with Crippen LogP contribution in [0.2, 0.25) is 5.02 Å². The van der Waals surface area contributed by atoms with Crippen LogP contribution in [0.15, 0.2) is 59.5 Å². The molecule has 0 N–H and O–H groups in total. The third-order valence-corrected chi connectivity index (χ3v) is 6.40. The number of carbonyl (C=O) groups is 1. The van der Waals surface area contributed by atoms with E-state index in [1.54, 1.807) is 35.2 Å². The van der Waals surface area contributed by atoms with Crippen LogP contribution in [0.5, 0.6) is 0 Å². The van der Waals surface area contributed by atoms with Crippen molar-refractivity contribution in [1.29, 1.82) is 0 Å². The van der Waals surface area contributed by atoms with Crippen molar-refractivity contribution in [2.75, 3.05) is 26.2 Å². The highest BCUT2D eigenvalue weighted by atomic mass is 35.5. The maximum Gasteiger partial charge on any atom is 0.253 e. The van der Waals surface area contributed by atoms with Crippen molar-refractivity contribution in [3.63, 3.8) is 0 Å². The van der Waals surface area contributed by atoms with Crippen LogP contribution >= 0.6 is 11.6 Å². The van der Waals surface area contributed by atoms with Gasteiger partial charge < -0.3 is 4.90 Å². The van der Waals surface area contributed by atoms with Crippen molar-refractivity contribution in [3.8, 4) is 0 Å². The smallest absolute Gasteiger partial charge is 0.253 e. The SMILES string of the molecule is O=C(c1ccccc1)N1CCN(S(=O)(=O)c2ccccc2Cl)CC1. The Morgan fingerprint density at radius 2 is 1.46 bits per heavy atom. The van der Waals surface area contributed by atoms with Gasteiger partial charge in [-0.15, -0.1) is 0 Å². The normalized spacial score (nSPS) is 16.1. The Hall–Kier alpha value is -1.89. The van der Waals surface area contributed by atoms with E-state index in [2.05, 4.69) is 0 Å². The summed E-state index contributed by atoms with van der Waals surface area (Å²) in [4.78, 5) is 14.2. The third-order valence-electron chi connectivity index (χ3n) is 4.00. The second-order valence-electron chi connectivity index (χ2n) is 5.49. The van der Waals surface area contributed by atoms with E-state index in [-0.39, 0.29) is 28.9 Å². The standard InChI is InChI=1S/C17H17ClN2O3S/c18-15-8-4-5-9-16(15)24(22,23)20-12-10-19(11-13-20)17(21)14-6-2-1-3-7-14/h1-9H,10-13H2. The Morgan fingerprint density at radius 3 is 2.08 bits per heavy atom. The van der Waals surface area contributed by atoms with Crippen LogP contribution in [0.25, 0.3) is 0 Å². The molecule has 0 bridgehead atoms. The molecule has 1 saturated heterocycles. The molecule has 3 rings (SSSR count). The molecule has 1 aliphatic rings. The summed E-state index contributed by atoms with van der Waals surface area (Å²) >= 11 is 6.02. The highest BCUT2D eigenvalue weighted by Gasteiger charge is 2.31. The first-order chi connectivity index (χ1) is 11.5. The fourth-order valence-electron chi connectivity index (χ4n) is 2.69. The zero-order chi connectivity index (χ0) is 17.2. The highest BCUT2D eigenvalue weighted by Crippen LogP contribution is 2.25. The lowest BCUT2D eigenvalue weighted by Gasteiger charge is -2.34. The van der Waals surface area contributed by atoms with E-state index in [1.165, 1.54) is 10.4 Å². The Kier molecular flexibility index (Phi) is 4.89. The molecule has 1 amide bonds. The van der Waals surface area contributed by atoms with Crippen LogP contribution in [-0.4, -0.2) is 49.7 Å². The maximum atomic E-state index is 12.7. The fourth-order valence-corrected chi connectivity index (χ4v) is 4.60. The van der Waals surface area contributed by atoms with Gasteiger partial charge in [-0.2, -0.15) is 4.31 Å². The number of hydrogen-bond donors (Lipinski definition) is 0. The molecule has 126 valence electrons. The molecule has 5 nitrogen and oxygen atoms in total. The van der Waals surface area contributed by atoms with Crippen LogP contribution in [0, 0.1) is 0 Å². The van der Waals surface area contributed by atoms with Crippen molar-refractivity contribution >= 4 is 27.5 Å². The van der Waals surface area contributed by atoms with Gasteiger partial charge in [0.15, 0.2) is 0 Å². The van der Waals surface area contributed by atoms with E-state index in [4.69, 9.17) is 11.6 Å². The summed E-state index contributed by atoms with van der Waals surface area (Å²) in [7, 11) is -3.64. The van der Waals surface area contributed by atoms with E-state index in [0.29, 0.717) is 18.7 Å². The van der Waals surface area contributed by atoms with Gasteiger partial charge in [0.2, 0.25) is 10.0 Å². The molecule has 0 aliphatic carbocycles. The number of rotatable bonds is 3. The predicted molar refractivity (Wildman–Crippen MR) is 92.6 cm³/mol. The van der Waals surface area contributed by atoms with E-state index in [1.807, 2.05) is 18.2 Å². The summed E-state index contributed by atoms with van der Waals surface area (Å²) < 4.78 is 26.8. The zero-order valence-corrected chi connectivity index (χ0v) is 14.5. The Balaban J connectivity index is 1.71. The van der Waals surface area contributed by atoms with Crippen molar-refractivity contribution < 1.29 is 13.2 Å². The largest absolute Gasteiger partial charge is 0.336 e. The van der Waals surface area contributed by atoms with E-state index in [9.17, 15) is 13.2 Å². The highest BCUT2D eigenvalue weighted by molar-refractivity contribution is 7.89. The Bertz CT molecular complexity index is 832. The van der Waals surface area contributed by atoms with Gasteiger partial charge in [0.25, 0.3) is 5.91 Å². The van der Waals surface area contributed by atoms with Crippen molar-refractivity contribution in [1.82, 2.24) is 9.21 Å². The molecular weight excluding hydrogens is 348 g/mol. The number of amides is 1. The first-order valence-electron chi connectivity index (χ1n) is 7.59. The number of sulfonamides is 1. The van der Waals surface area contributed by atoms with Crippen molar-refractivity contribution in [2.24, 2.45) is 0 Å². The average Bonchev–Trinajstić information content (AvgIpc) is 2.62. The lowest BCUT2D eigenvalue weighted by Crippen LogP contribution is -2.50. The molecule has 2 aromatic rings. The molecule has 0 spiro atoms. The van der Waals surface area contributed by atoms with Crippen molar-refractivity contribution in [2.45, 2.75) is 4.90 Å². The van der Waals surface area contributed by atoms with Crippen LogP contribution < -0.4 is 0 Å². The number of piperazine rings is 1. The van der Waals surface area contributed by atoms with E-state index >= 15 is 0 Å². The molecule has 7 heteroatoms. The predicted octanol–water partition coefficient (Wildman–Crippen LogP) is 2.49. The maximum absolute atomic E-state index is 12.7. The van der Waals surface area contributed by atoms with Crippen LogP contribution in [0.4, 0.5) is 0 Å². The summed E-state index contributed by atoms with van der Waals surface area (Å²) in [6, 6.07) is 15.4. The van der Waals surface area contributed by atoms with Crippen LogP contribution in [0.3, 0.4) is 0 Å². The van der Waals surface area contributed by atoms with Gasteiger partial charge in [-0.1, -0.05) is 41.9 Å². The van der Waals surface area contributed by atoms with Gasteiger partial charge in [-0.05, 0) is 24.3 Å². The van der Waals surface area contributed by atoms with Gasteiger partial charge in [0.1, 0.15) is 4.90 Å². The Morgan fingerprint density at radius 1 is 0.875 bits per heavy atom. The lowest BCUT2D eigenvalue weighted by atomic mass is 10.2. The number of halogens is 1. The lowest BCUT2D eigenvalue weighted by molar-refractivity contribution is 0.0698. The van der Waals surface area contributed by atoms with Gasteiger partial charge >= 0.3 is 0 Å². The van der Waals surface area contributed by atoms with E-state index in [0.717, 1.165) is 0 Å². The molecular formula is C17H17ClN2O3S. The van der Waals surface area contributed by atoms with Gasteiger partial charge in [-0.3, -0.25) is 4.79 Å². The fraction of sp³-hybridized carbons (Fsp3) is 0.235. The minimum atomic E-state index is -3.64. The summed E-state index contributed by atoms with van der Waals surface area (Å²) in [6.45, 7) is 1.23. The molecule has 1 fully saturated rings. The molecule has 0 unspecified atom stereocenters. The zero-order valence-electron chi connectivity index (χ0n) is 12.9. The van der Waals surface area contributed by atoms with Crippen LogP contribution in [0.1, 0.15) is 10.4 Å². The topological polar surface area (TPSA) is 57.7 Å². The minimum Gasteiger partial charge on any atom is -0.336 e. The first kappa shape index (κ1) is 17.0. The van der Waals surface area contributed by atoms with Gasteiger partial charge in [-0.25, -0.2) is 8.42 Å². The van der Waals surface area contributed by atoms with E-state index < -0.39 is 10.0 Å². The molecule has 2 aromatic carbocycles. The second-order valence-corrected chi connectivity index (χ2v) is 7.81. The minimum absolute atomic E-state index is 0.0783. The molecule has 0 saturated carbocycles. The monoisotopic (exact) mass is 364 g/mol. The molecule has 0 aromatic heterocycles. The quantitative estimate of drug-likeness (QED) is 0.840. The molecule has 1 aliphatic heterocycles. The summed E-state index contributed by atoms with van der Waals surface area (Å²) in [5.41, 5.74) is 0.611. The summed E-state index contributed by atoms with van der Waals surface area (Å²) in [6.07, 6.45) is 0. The number of benzene rings is 2. The molecule has 1 heterocycles.